The lowest BCUT2D eigenvalue weighted by atomic mass is 9.82. The Bertz CT molecular complexity index is 1040. The first kappa shape index (κ1) is 31.5. The molecule has 1 aliphatic heterocycles. The fourth-order valence-corrected chi connectivity index (χ4v) is 4.38. The molecule has 1 amide bonds. The number of hydrogen-bond acceptors (Lipinski definition) is 11. The standard InChI is InChI=1S/C26H34FNO11/c1-7-19(36-15(3)29)14(2)21-20(28-25(33)35-13-18-11-9-8-10-12-18)22(37-16(4)30)23(27)26(39-21,24(32)34-6)38-17(5)31/h8-12,14,19-23H,7,13H2,1-6H3,(H,28,33)/t14-,19-,20+,21?,22+,23?,26-/m1/s1. The highest BCUT2D eigenvalue weighted by Gasteiger charge is 2.66. The fraction of sp³-hybridized carbons (Fsp3) is 0.577. The molecule has 13 heteroatoms. The lowest BCUT2D eigenvalue weighted by Crippen LogP contribution is -2.73. The van der Waals surface area contributed by atoms with Gasteiger partial charge in [-0.2, -0.15) is 0 Å². The number of alkyl halides is 1. The van der Waals surface area contributed by atoms with Gasteiger partial charge in [0.15, 0.2) is 6.10 Å². The van der Waals surface area contributed by atoms with Crippen LogP contribution in [0.2, 0.25) is 0 Å². The van der Waals surface area contributed by atoms with E-state index in [-0.39, 0.29) is 13.0 Å². The van der Waals surface area contributed by atoms with Gasteiger partial charge < -0.3 is 33.7 Å². The number of amides is 1. The van der Waals surface area contributed by atoms with Crippen LogP contribution in [-0.2, 0) is 54.2 Å². The zero-order chi connectivity index (χ0) is 29.3. The van der Waals surface area contributed by atoms with Crippen molar-refractivity contribution in [2.24, 2.45) is 5.92 Å². The van der Waals surface area contributed by atoms with Crippen LogP contribution in [0.3, 0.4) is 0 Å². The molecule has 39 heavy (non-hydrogen) atoms. The Hall–Kier alpha value is -3.74. The minimum atomic E-state index is -3.00. The summed E-state index contributed by atoms with van der Waals surface area (Å²) in [6, 6.07) is 7.22. The van der Waals surface area contributed by atoms with Gasteiger partial charge in [-0.05, 0) is 12.0 Å². The Morgan fingerprint density at radius 2 is 1.69 bits per heavy atom. The Morgan fingerprint density at radius 3 is 2.21 bits per heavy atom. The van der Waals surface area contributed by atoms with Crippen LogP contribution < -0.4 is 5.32 Å². The highest BCUT2D eigenvalue weighted by molar-refractivity contribution is 5.83. The van der Waals surface area contributed by atoms with Crippen LogP contribution in [-0.4, -0.2) is 73.4 Å². The van der Waals surface area contributed by atoms with Crippen LogP contribution in [0.15, 0.2) is 30.3 Å². The number of carbonyl (C=O) groups is 5. The smallest absolute Gasteiger partial charge is 0.407 e. The zero-order valence-electron chi connectivity index (χ0n) is 22.6. The van der Waals surface area contributed by atoms with Crippen molar-refractivity contribution in [1.29, 1.82) is 0 Å². The third-order valence-electron chi connectivity index (χ3n) is 6.06. The maximum absolute atomic E-state index is 16.1. The Morgan fingerprint density at radius 1 is 1.05 bits per heavy atom. The molecule has 1 fully saturated rings. The predicted octanol–water partition coefficient (Wildman–Crippen LogP) is 2.36. The number of rotatable bonds is 10. The van der Waals surface area contributed by atoms with E-state index in [9.17, 15) is 24.0 Å². The normalized spacial score (nSPS) is 25.8. The molecule has 1 saturated heterocycles. The van der Waals surface area contributed by atoms with Crippen molar-refractivity contribution in [2.45, 2.75) is 84.0 Å². The molecule has 0 aliphatic carbocycles. The van der Waals surface area contributed by atoms with Crippen LogP contribution in [0.5, 0.6) is 0 Å². The van der Waals surface area contributed by atoms with Gasteiger partial charge in [-0.15, -0.1) is 0 Å². The largest absolute Gasteiger partial charge is 0.464 e. The van der Waals surface area contributed by atoms with Gasteiger partial charge in [0.2, 0.25) is 6.17 Å². The summed E-state index contributed by atoms with van der Waals surface area (Å²) in [7, 11) is 0.919. The summed E-state index contributed by atoms with van der Waals surface area (Å²) in [4.78, 5) is 61.4. The Kier molecular flexibility index (Phi) is 11.2. The van der Waals surface area contributed by atoms with E-state index in [2.05, 4.69) is 10.1 Å². The number of halogens is 1. The quantitative estimate of drug-likeness (QED) is 0.334. The maximum atomic E-state index is 16.1. The first-order chi connectivity index (χ1) is 18.4. The van der Waals surface area contributed by atoms with Gasteiger partial charge >= 0.3 is 35.8 Å². The number of carbonyl (C=O) groups excluding carboxylic acids is 5. The van der Waals surface area contributed by atoms with Crippen LogP contribution in [0.1, 0.15) is 46.6 Å². The minimum Gasteiger partial charge on any atom is -0.464 e. The number of methoxy groups -OCH3 is 1. The van der Waals surface area contributed by atoms with Crippen LogP contribution in [0.4, 0.5) is 9.18 Å². The molecule has 2 rings (SSSR count). The van der Waals surface area contributed by atoms with Gasteiger partial charge in [0.05, 0.1) is 19.3 Å². The van der Waals surface area contributed by atoms with E-state index in [1.807, 2.05) is 0 Å². The van der Waals surface area contributed by atoms with E-state index < -0.39 is 72.2 Å². The first-order valence-corrected chi connectivity index (χ1v) is 12.3. The van der Waals surface area contributed by atoms with E-state index in [1.54, 1.807) is 44.2 Å². The summed E-state index contributed by atoms with van der Waals surface area (Å²) >= 11 is 0. The van der Waals surface area contributed by atoms with Crippen LogP contribution in [0.25, 0.3) is 0 Å². The summed E-state index contributed by atoms with van der Waals surface area (Å²) in [6.45, 7) is 6.20. The average Bonchev–Trinajstić information content (AvgIpc) is 2.88. The molecule has 1 aliphatic rings. The second-order valence-corrected chi connectivity index (χ2v) is 8.96. The van der Waals surface area contributed by atoms with Crippen molar-refractivity contribution >= 4 is 30.0 Å². The second-order valence-electron chi connectivity index (χ2n) is 8.96. The van der Waals surface area contributed by atoms with Crippen molar-refractivity contribution in [1.82, 2.24) is 5.32 Å². The summed E-state index contributed by atoms with van der Waals surface area (Å²) in [6.07, 6.45) is -7.61. The van der Waals surface area contributed by atoms with Gasteiger partial charge in [0.25, 0.3) is 0 Å². The van der Waals surface area contributed by atoms with Crippen molar-refractivity contribution < 1.29 is 56.8 Å². The SMILES string of the molecule is CC[C@@H](OC(C)=O)[C@@H](C)C1O[C@@](OC(C)=O)(C(=O)OC)C(F)[C@@H](OC(C)=O)[C@H]1NC(=O)OCc1ccccc1. The molecule has 0 bridgehead atoms. The van der Waals surface area contributed by atoms with E-state index >= 15 is 4.39 Å². The summed E-state index contributed by atoms with van der Waals surface area (Å²) in [5.74, 6) is -7.99. The lowest BCUT2D eigenvalue weighted by molar-refractivity contribution is -0.320. The molecule has 7 atom stereocenters. The molecular formula is C26H34FNO11. The Balaban J connectivity index is 2.55. The van der Waals surface area contributed by atoms with E-state index in [1.165, 1.54) is 6.92 Å². The molecule has 216 valence electrons. The van der Waals surface area contributed by atoms with Gasteiger partial charge in [-0.1, -0.05) is 44.2 Å². The molecular weight excluding hydrogens is 521 g/mol. The van der Waals surface area contributed by atoms with Gasteiger partial charge in [-0.3, -0.25) is 14.4 Å². The third-order valence-corrected chi connectivity index (χ3v) is 6.06. The van der Waals surface area contributed by atoms with Crippen molar-refractivity contribution in [2.75, 3.05) is 7.11 Å². The second kappa shape index (κ2) is 13.9. The van der Waals surface area contributed by atoms with Crippen molar-refractivity contribution in [3.8, 4) is 0 Å². The van der Waals surface area contributed by atoms with Crippen molar-refractivity contribution in [3.05, 3.63) is 35.9 Å². The Labute approximate surface area is 225 Å². The molecule has 1 heterocycles. The third kappa shape index (κ3) is 7.88. The molecule has 1 aromatic carbocycles. The van der Waals surface area contributed by atoms with E-state index in [0.717, 1.165) is 21.0 Å². The number of ether oxygens (including phenoxy) is 6. The lowest BCUT2D eigenvalue weighted by Gasteiger charge is -2.49. The maximum Gasteiger partial charge on any atom is 0.407 e. The van der Waals surface area contributed by atoms with E-state index in [4.69, 9.17) is 23.7 Å². The molecule has 12 nitrogen and oxygen atoms in total. The molecule has 1 aromatic rings. The number of hydrogen-bond donors (Lipinski definition) is 1. The number of benzene rings is 1. The molecule has 0 saturated carbocycles. The summed E-state index contributed by atoms with van der Waals surface area (Å²) < 4.78 is 47.5. The fourth-order valence-electron chi connectivity index (χ4n) is 4.38. The number of nitrogens with one attached hydrogen (secondary N) is 1. The molecule has 2 unspecified atom stereocenters. The molecule has 0 aromatic heterocycles. The highest BCUT2D eigenvalue weighted by Crippen LogP contribution is 2.40. The van der Waals surface area contributed by atoms with Crippen molar-refractivity contribution in [3.63, 3.8) is 0 Å². The van der Waals surface area contributed by atoms with Crippen LogP contribution in [0, 0.1) is 5.92 Å². The van der Waals surface area contributed by atoms with Crippen LogP contribution >= 0.6 is 0 Å². The van der Waals surface area contributed by atoms with Gasteiger partial charge in [0.1, 0.15) is 12.7 Å². The number of esters is 4. The predicted molar refractivity (Wildman–Crippen MR) is 130 cm³/mol. The highest BCUT2D eigenvalue weighted by atomic mass is 19.1. The topological polar surface area (TPSA) is 153 Å². The minimum absolute atomic E-state index is 0.137. The zero-order valence-corrected chi connectivity index (χ0v) is 22.6. The molecule has 0 spiro atoms. The molecule has 1 N–H and O–H groups in total. The van der Waals surface area contributed by atoms with Gasteiger partial charge in [-0.25, -0.2) is 14.0 Å². The monoisotopic (exact) mass is 555 g/mol. The molecule has 0 radical (unpaired) electrons. The first-order valence-electron chi connectivity index (χ1n) is 12.3. The van der Waals surface area contributed by atoms with E-state index in [0.29, 0.717) is 5.56 Å². The summed E-state index contributed by atoms with van der Waals surface area (Å²) in [5, 5.41) is 2.45. The number of alkyl carbamates (subject to hydrolysis) is 1. The average molecular weight is 556 g/mol. The van der Waals surface area contributed by atoms with Gasteiger partial charge in [0, 0.05) is 26.7 Å². The summed E-state index contributed by atoms with van der Waals surface area (Å²) in [5.41, 5.74) is 0.665.